The number of aromatic nitrogens is 3. The second-order valence-electron chi connectivity index (χ2n) is 5.56. The number of pyridine rings is 1. The number of aryl methyl sites for hydroxylation is 1. The fourth-order valence-electron chi connectivity index (χ4n) is 2.22. The zero-order chi connectivity index (χ0) is 17.0. The van der Waals surface area contributed by atoms with Crippen LogP contribution in [0.25, 0.3) is 0 Å². The van der Waals surface area contributed by atoms with E-state index in [2.05, 4.69) is 10.1 Å². The Morgan fingerprint density at radius 3 is 2.78 bits per heavy atom. The first-order valence-electron chi connectivity index (χ1n) is 7.35. The third-order valence-electron chi connectivity index (χ3n) is 3.84. The van der Waals surface area contributed by atoms with E-state index in [0.29, 0.717) is 6.42 Å². The average molecular weight is 316 g/mol. The van der Waals surface area contributed by atoms with E-state index in [0.717, 1.165) is 28.1 Å². The van der Waals surface area contributed by atoms with Crippen molar-refractivity contribution >= 4 is 5.91 Å². The summed E-state index contributed by atoms with van der Waals surface area (Å²) in [6.07, 6.45) is 2.35. The van der Waals surface area contributed by atoms with Crippen LogP contribution in [-0.4, -0.2) is 38.7 Å². The van der Waals surface area contributed by atoms with E-state index in [1.165, 1.54) is 0 Å². The molecule has 0 saturated heterocycles. The summed E-state index contributed by atoms with van der Waals surface area (Å²) in [7, 11) is 1.68. The van der Waals surface area contributed by atoms with Crippen LogP contribution in [0, 0.1) is 6.92 Å². The number of nitrogens with zero attached hydrogens (tertiary/aromatic N) is 3. The van der Waals surface area contributed by atoms with Crippen molar-refractivity contribution in [1.82, 2.24) is 19.7 Å². The second kappa shape index (κ2) is 7.04. The highest BCUT2D eigenvalue weighted by Gasteiger charge is 2.18. The maximum Gasteiger partial charge on any atom is 0.265 e. The van der Waals surface area contributed by atoms with Crippen molar-refractivity contribution in [2.45, 2.75) is 32.9 Å². The van der Waals surface area contributed by atoms with Gasteiger partial charge in [0.2, 0.25) is 5.91 Å². The van der Waals surface area contributed by atoms with Crippen molar-refractivity contribution < 1.29 is 4.79 Å². The number of aromatic amines is 1. The van der Waals surface area contributed by atoms with Gasteiger partial charge < -0.3 is 4.90 Å². The monoisotopic (exact) mass is 316 g/mol. The second-order valence-corrected chi connectivity index (χ2v) is 5.56. The third-order valence-corrected chi connectivity index (χ3v) is 3.84. The van der Waals surface area contributed by atoms with E-state index >= 15 is 0 Å². The van der Waals surface area contributed by atoms with Crippen molar-refractivity contribution in [3.63, 3.8) is 0 Å². The lowest BCUT2D eigenvalue weighted by Crippen LogP contribution is -2.41. The third kappa shape index (κ3) is 4.15. The fraction of sp³-hybridized carbons (Fsp3) is 0.375. The molecule has 0 spiro atoms. The number of rotatable bonds is 5. The van der Waals surface area contributed by atoms with Crippen molar-refractivity contribution in [3.8, 4) is 0 Å². The summed E-state index contributed by atoms with van der Waals surface area (Å²) in [5.41, 5.74) is 1.17. The van der Waals surface area contributed by atoms with Gasteiger partial charge in [-0.25, -0.2) is 4.68 Å². The molecule has 0 aliphatic rings. The fourth-order valence-corrected chi connectivity index (χ4v) is 2.22. The van der Waals surface area contributed by atoms with Crippen LogP contribution >= 0.6 is 0 Å². The van der Waals surface area contributed by atoms with Crippen molar-refractivity contribution in [3.05, 3.63) is 62.4 Å². The van der Waals surface area contributed by atoms with Gasteiger partial charge in [-0.15, -0.1) is 0 Å². The highest BCUT2D eigenvalue weighted by atomic mass is 16.2. The molecular weight excluding hydrogens is 296 g/mol. The first-order valence-corrected chi connectivity index (χ1v) is 7.35. The quantitative estimate of drug-likeness (QED) is 0.861. The standard InChI is InChI=1S/C16H20N4O3/c1-11-5-4-8-17-13(11)9-12(2)19(3)16(23)10-20-15(22)7-6-14(21)18-20/h4-8,12H,9-10H2,1-3H3,(H,18,21). The minimum Gasteiger partial charge on any atom is -0.341 e. The first kappa shape index (κ1) is 16.7. The Balaban J connectivity index is 2.07. The average Bonchev–Trinajstić information content (AvgIpc) is 2.52. The number of likely N-dealkylation sites (N-methyl/N-ethyl adjacent to an activating group) is 1. The number of amides is 1. The Morgan fingerprint density at radius 2 is 2.09 bits per heavy atom. The van der Waals surface area contributed by atoms with Crippen LogP contribution in [0.5, 0.6) is 0 Å². The molecule has 0 aromatic carbocycles. The first-order chi connectivity index (χ1) is 10.9. The van der Waals surface area contributed by atoms with Crippen molar-refractivity contribution in [1.29, 1.82) is 0 Å². The largest absolute Gasteiger partial charge is 0.341 e. The summed E-state index contributed by atoms with van der Waals surface area (Å²) in [5, 5.41) is 2.35. The van der Waals surface area contributed by atoms with Gasteiger partial charge in [-0.05, 0) is 25.5 Å². The number of carbonyl (C=O) groups is 1. The van der Waals surface area contributed by atoms with Crippen LogP contribution < -0.4 is 11.1 Å². The van der Waals surface area contributed by atoms with Gasteiger partial charge >= 0.3 is 0 Å². The number of hydrogen-bond donors (Lipinski definition) is 1. The Kier molecular flexibility index (Phi) is 5.10. The minimum absolute atomic E-state index is 0.0813. The molecule has 7 nitrogen and oxygen atoms in total. The highest BCUT2D eigenvalue weighted by molar-refractivity contribution is 5.75. The van der Waals surface area contributed by atoms with E-state index in [4.69, 9.17) is 0 Å². The Hall–Kier alpha value is -2.70. The molecule has 7 heteroatoms. The number of H-pyrrole nitrogens is 1. The zero-order valence-corrected chi connectivity index (χ0v) is 13.4. The molecule has 0 saturated carbocycles. The zero-order valence-electron chi connectivity index (χ0n) is 13.4. The molecule has 1 unspecified atom stereocenters. The lowest BCUT2D eigenvalue weighted by Gasteiger charge is -2.25. The van der Waals surface area contributed by atoms with Gasteiger partial charge in [0.05, 0.1) is 0 Å². The lowest BCUT2D eigenvalue weighted by atomic mass is 10.1. The van der Waals surface area contributed by atoms with Gasteiger partial charge in [-0.2, -0.15) is 0 Å². The van der Waals surface area contributed by atoms with Crippen LogP contribution in [0.4, 0.5) is 0 Å². The van der Waals surface area contributed by atoms with Gasteiger partial charge in [0.15, 0.2) is 0 Å². The Labute approximate surface area is 133 Å². The maximum absolute atomic E-state index is 12.3. The molecule has 2 aromatic rings. The summed E-state index contributed by atoms with van der Waals surface area (Å²) in [5.74, 6) is -0.255. The van der Waals surface area contributed by atoms with Gasteiger partial charge in [-0.3, -0.25) is 24.5 Å². The van der Waals surface area contributed by atoms with E-state index in [1.807, 2.05) is 26.0 Å². The van der Waals surface area contributed by atoms with Gasteiger partial charge in [0.1, 0.15) is 6.54 Å². The molecule has 0 aliphatic carbocycles. The summed E-state index contributed by atoms with van der Waals surface area (Å²) < 4.78 is 1.01. The molecule has 1 N–H and O–H groups in total. The molecule has 2 heterocycles. The van der Waals surface area contributed by atoms with Gasteiger partial charge in [0, 0.05) is 43.5 Å². The summed E-state index contributed by atoms with van der Waals surface area (Å²) in [4.78, 5) is 41.1. The predicted octanol–water partition coefficient (Wildman–Crippen LogP) is 0.330. The normalized spacial score (nSPS) is 12.0. The molecule has 122 valence electrons. The smallest absolute Gasteiger partial charge is 0.265 e. The van der Waals surface area contributed by atoms with Crippen LogP contribution in [0.1, 0.15) is 18.2 Å². The van der Waals surface area contributed by atoms with E-state index < -0.39 is 11.1 Å². The Bertz CT molecular complexity index is 809. The molecule has 1 atom stereocenters. The van der Waals surface area contributed by atoms with E-state index in [1.54, 1.807) is 18.1 Å². The molecule has 0 fully saturated rings. The molecule has 0 bridgehead atoms. The molecule has 23 heavy (non-hydrogen) atoms. The van der Waals surface area contributed by atoms with Gasteiger partial charge in [-0.1, -0.05) is 6.07 Å². The van der Waals surface area contributed by atoms with Crippen LogP contribution in [0.3, 0.4) is 0 Å². The van der Waals surface area contributed by atoms with E-state index in [-0.39, 0.29) is 18.5 Å². The number of nitrogens with one attached hydrogen (secondary N) is 1. The predicted molar refractivity (Wildman–Crippen MR) is 86.2 cm³/mol. The topological polar surface area (TPSA) is 88.1 Å². The number of hydrogen-bond acceptors (Lipinski definition) is 4. The maximum atomic E-state index is 12.3. The van der Waals surface area contributed by atoms with Crippen LogP contribution in [0.15, 0.2) is 40.1 Å². The summed E-state index contributed by atoms with van der Waals surface area (Å²) in [6.45, 7) is 3.70. The molecule has 0 radical (unpaired) electrons. The Morgan fingerprint density at radius 1 is 1.35 bits per heavy atom. The summed E-state index contributed by atoms with van der Waals surface area (Å²) >= 11 is 0. The molecular formula is C16H20N4O3. The van der Waals surface area contributed by atoms with Crippen molar-refractivity contribution in [2.75, 3.05) is 7.05 Å². The van der Waals surface area contributed by atoms with Crippen molar-refractivity contribution in [2.24, 2.45) is 0 Å². The SMILES string of the molecule is Cc1cccnc1CC(C)N(C)C(=O)Cn1[nH]c(=O)ccc1=O. The van der Waals surface area contributed by atoms with E-state index in [9.17, 15) is 14.4 Å². The highest BCUT2D eigenvalue weighted by Crippen LogP contribution is 2.10. The molecule has 2 aromatic heterocycles. The molecule has 2 rings (SSSR count). The number of carbonyl (C=O) groups excluding carboxylic acids is 1. The van der Waals surface area contributed by atoms with Crippen LogP contribution in [0.2, 0.25) is 0 Å². The molecule has 0 aliphatic heterocycles. The van der Waals surface area contributed by atoms with Crippen LogP contribution in [-0.2, 0) is 17.8 Å². The molecule has 1 amide bonds. The lowest BCUT2D eigenvalue weighted by molar-refractivity contribution is -0.132. The summed E-state index contributed by atoms with van der Waals surface area (Å²) in [6, 6.07) is 6.05. The minimum atomic E-state index is -0.419. The van der Waals surface area contributed by atoms with Gasteiger partial charge in [0.25, 0.3) is 11.1 Å².